The summed E-state index contributed by atoms with van der Waals surface area (Å²) in [5.41, 5.74) is -0.365. The molecule has 31 heavy (non-hydrogen) atoms. The van der Waals surface area contributed by atoms with Crippen molar-refractivity contribution in [3.8, 4) is 0 Å². The SMILES string of the molecule is CN(Cc1ccc(F)cc1)c1ccc2c(C(F)(F)F)cc(=O)oc2c1N1CCOCC1. The molecule has 1 aliphatic heterocycles. The monoisotopic (exact) mass is 436 g/mol. The number of fused-ring (bicyclic) bond motifs is 1. The second-order valence-electron chi connectivity index (χ2n) is 7.37. The molecule has 0 aliphatic carbocycles. The van der Waals surface area contributed by atoms with Crippen LogP contribution < -0.4 is 15.4 Å². The molecule has 0 spiro atoms. The number of hydrogen-bond donors (Lipinski definition) is 0. The average molecular weight is 436 g/mol. The summed E-state index contributed by atoms with van der Waals surface area (Å²) < 4.78 is 64.7. The van der Waals surface area contributed by atoms with Gasteiger partial charge in [-0.1, -0.05) is 12.1 Å². The second-order valence-corrected chi connectivity index (χ2v) is 7.37. The van der Waals surface area contributed by atoms with Crippen LogP contribution in [0, 0.1) is 5.82 Å². The van der Waals surface area contributed by atoms with Gasteiger partial charge in [-0.25, -0.2) is 9.18 Å². The van der Waals surface area contributed by atoms with Gasteiger partial charge >= 0.3 is 11.8 Å². The van der Waals surface area contributed by atoms with Crippen LogP contribution in [-0.2, 0) is 17.5 Å². The lowest BCUT2D eigenvalue weighted by atomic mass is 10.1. The molecule has 1 saturated heterocycles. The van der Waals surface area contributed by atoms with Crippen molar-refractivity contribution in [3.63, 3.8) is 0 Å². The lowest BCUT2D eigenvalue weighted by Crippen LogP contribution is -2.37. The molecule has 2 heterocycles. The molecule has 0 saturated carbocycles. The molecule has 9 heteroatoms. The van der Waals surface area contributed by atoms with Gasteiger partial charge in [-0.2, -0.15) is 13.2 Å². The lowest BCUT2D eigenvalue weighted by molar-refractivity contribution is -0.136. The van der Waals surface area contributed by atoms with E-state index in [-0.39, 0.29) is 16.8 Å². The van der Waals surface area contributed by atoms with Crippen LogP contribution in [0.2, 0.25) is 0 Å². The first kappa shape index (κ1) is 21.2. The van der Waals surface area contributed by atoms with E-state index in [1.54, 1.807) is 25.2 Å². The summed E-state index contributed by atoms with van der Waals surface area (Å²) in [5, 5.41) is -0.174. The summed E-state index contributed by atoms with van der Waals surface area (Å²) >= 11 is 0. The van der Waals surface area contributed by atoms with E-state index in [4.69, 9.17) is 9.15 Å². The van der Waals surface area contributed by atoms with Gasteiger partial charge in [0.1, 0.15) is 11.5 Å². The molecule has 1 aromatic heterocycles. The Morgan fingerprint density at radius 3 is 2.39 bits per heavy atom. The number of anilines is 2. The number of nitrogens with zero attached hydrogens (tertiary/aromatic N) is 2. The van der Waals surface area contributed by atoms with Crippen molar-refractivity contribution in [3.05, 3.63) is 69.8 Å². The maximum atomic E-state index is 13.6. The Balaban J connectivity index is 1.88. The van der Waals surface area contributed by atoms with Crippen LogP contribution in [0.25, 0.3) is 11.0 Å². The molecule has 2 aromatic carbocycles. The minimum atomic E-state index is -4.70. The third-order valence-corrected chi connectivity index (χ3v) is 5.24. The number of benzene rings is 2. The van der Waals surface area contributed by atoms with Crippen LogP contribution in [0.1, 0.15) is 11.1 Å². The largest absolute Gasteiger partial charge is 0.420 e. The Bertz CT molecular complexity index is 1140. The Hall–Kier alpha value is -3.07. The van der Waals surface area contributed by atoms with Crippen molar-refractivity contribution in [2.45, 2.75) is 12.7 Å². The summed E-state index contributed by atoms with van der Waals surface area (Å²) in [5.74, 6) is -0.354. The molecule has 1 aliphatic rings. The minimum absolute atomic E-state index is 0.106. The van der Waals surface area contributed by atoms with Crippen LogP contribution in [-0.4, -0.2) is 33.4 Å². The molecular weight excluding hydrogens is 416 g/mol. The van der Waals surface area contributed by atoms with E-state index in [1.807, 2.05) is 9.80 Å². The number of halogens is 4. The predicted molar refractivity (Wildman–Crippen MR) is 109 cm³/mol. The smallest absolute Gasteiger partial charge is 0.417 e. The van der Waals surface area contributed by atoms with Crippen molar-refractivity contribution in [2.24, 2.45) is 0 Å². The van der Waals surface area contributed by atoms with Gasteiger partial charge in [0.2, 0.25) is 0 Å². The maximum absolute atomic E-state index is 13.6. The highest BCUT2D eigenvalue weighted by Gasteiger charge is 2.35. The fourth-order valence-electron chi connectivity index (χ4n) is 3.79. The van der Waals surface area contributed by atoms with E-state index in [0.717, 1.165) is 5.56 Å². The number of ether oxygens (including phenoxy) is 1. The third kappa shape index (κ3) is 4.36. The van der Waals surface area contributed by atoms with E-state index >= 15 is 0 Å². The summed E-state index contributed by atoms with van der Waals surface area (Å²) in [4.78, 5) is 15.7. The standard InChI is InChI=1S/C22H20F4N2O3/c1-27(13-14-2-4-15(23)5-3-14)18-7-6-16-17(22(24,25)26)12-19(29)31-21(16)20(18)28-8-10-30-11-9-28/h2-7,12H,8-11,13H2,1H3. The lowest BCUT2D eigenvalue weighted by Gasteiger charge is -2.33. The first-order valence-corrected chi connectivity index (χ1v) is 9.70. The van der Waals surface area contributed by atoms with E-state index < -0.39 is 17.4 Å². The molecule has 1 fully saturated rings. The van der Waals surface area contributed by atoms with E-state index in [1.165, 1.54) is 18.2 Å². The highest BCUT2D eigenvalue weighted by Crippen LogP contribution is 2.41. The maximum Gasteiger partial charge on any atom is 0.417 e. The number of alkyl halides is 3. The fourth-order valence-corrected chi connectivity index (χ4v) is 3.79. The van der Waals surface area contributed by atoms with Gasteiger partial charge in [0.25, 0.3) is 0 Å². The van der Waals surface area contributed by atoms with Crippen molar-refractivity contribution in [2.75, 3.05) is 43.2 Å². The quantitative estimate of drug-likeness (QED) is 0.448. The van der Waals surface area contributed by atoms with Gasteiger partial charge in [-0.15, -0.1) is 0 Å². The van der Waals surface area contributed by atoms with Gasteiger partial charge in [-0.3, -0.25) is 0 Å². The molecule has 3 aromatic rings. The van der Waals surface area contributed by atoms with Gasteiger partial charge in [0, 0.05) is 38.1 Å². The molecule has 0 bridgehead atoms. The summed E-state index contributed by atoms with van der Waals surface area (Å²) in [6.45, 7) is 2.07. The highest BCUT2D eigenvalue weighted by molar-refractivity contribution is 5.98. The summed E-state index contributed by atoms with van der Waals surface area (Å²) in [6.07, 6.45) is -4.70. The first-order chi connectivity index (χ1) is 14.7. The van der Waals surface area contributed by atoms with Crippen LogP contribution >= 0.6 is 0 Å². The highest BCUT2D eigenvalue weighted by atomic mass is 19.4. The van der Waals surface area contributed by atoms with Gasteiger partial charge in [-0.05, 0) is 29.8 Å². The molecular formula is C22H20F4N2O3. The van der Waals surface area contributed by atoms with Crippen LogP contribution in [0.15, 0.2) is 51.7 Å². The Labute approximate surface area is 175 Å². The Morgan fingerprint density at radius 1 is 1.06 bits per heavy atom. The number of morpholine rings is 1. The van der Waals surface area contributed by atoms with Gasteiger partial charge in [0.05, 0.1) is 24.5 Å². The van der Waals surface area contributed by atoms with Gasteiger partial charge < -0.3 is 19.0 Å². The van der Waals surface area contributed by atoms with Crippen LogP contribution in [0.3, 0.4) is 0 Å². The van der Waals surface area contributed by atoms with Crippen molar-refractivity contribution in [1.82, 2.24) is 0 Å². The fraction of sp³-hybridized carbons (Fsp3) is 0.318. The van der Waals surface area contributed by atoms with Gasteiger partial charge in [0.15, 0.2) is 5.58 Å². The normalized spacial score (nSPS) is 14.8. The van der Waals surface area contributed by atoms with E-state index in [0.29, 0.717) is 50.3 Å². The van der Waals surface area contributed by atoms with Crippen LogP contribution in [0.4, 0.5) is 28.9 Å². The first-order valence-electron chi connectivity index (χ1n) is 9.70. The van der Waals surface area contributed by atoms with Crippen molar-refractivity contribution in [1.29, 1.82) is 0 Å². The van der Waals surface area contributed by atoms with Crippen molar-refractivity contribution < 1.29 is 26.7 Å². The summed E-state index contributed by atoms with van der Waals surface area (Å²) in [6, 6.07) is 9.37. The molecule has 4 rings (SSSR count). The number of hydrogen-bond acceptors (Lipinski definition) is 5. The Morgan fingerprint density at radius 2 is 1.74 bits per heavy atom. The van der Waals surface area contributed by atoms with E-state index in [9.17, 15) is 22.4 Å². The molecule has 0 atom stereocenters. The predicted octanol–water partition coefficient (Wildman–Crippen LogP) is 4.42. The number of rotatable bonds is 4. The average Bonchev–Trinajstić information content (AvgIpc) is 2.74. The van der Waals surface area contributed by atoms with E-state index in [2.05, 4.69) is 0 Å². The molecule has 0 radical (unpaired) electrons. The molecule has 164 valence electrons. The van der Waals surface area contributed by atoms with Crippen LogP contribution in [0.5, 0.6) is 0 Å². The molecule has 5 nitrogen and oxygen atoms in total. The van der Waals surface area contributed by atoms with Crippen molar-refractivity contribution >= 4 is 22.3 Å². The minimum Gasteiger partial charge on any atom is -0.420 e. The zero-order valence-electron chi connectivity index (χ0n) is 16.7. The summed E-state index contributed by atoms with van der Waals surface area (Å²) in [7, 11) is 1.78. The molecule has 0 N–H and O–H groups in total. The molecule has 0 amide bonds. The zero-order chi connectivity index (χ0) is 22.2. The molecule has 0 unspecified atom stereocenters. The zero-order valence-corrected chi connectivity index (χ0v) is 16.7. The topological polar surface area (TPSA) is 45.9 Å². The third-order valence-electron chi connectivity index (χ3n) is 5.24. The Kier molecular flexibility index (Phi) is 5.62. The second kappa shape index (κ2) is 8.22.